The van der Waals surface area contributed by atoms with Gasteiger partial charge in [-0.3, -0.25) is 10.1 Å². The van der Waals surface area contributed by atoms with Gasteiger partial charge in [-0.25, -0.2) is 0 Å². The molecule has 0 saturated heterocycles. The molecule has 0 radical (unpaired) electrons. The lowest BCUT2D eigenvalue weighted by Crippen LogP contribution is -2.05. The van der Waals surface area contributed by atoms with Gasteiger partial charge in [-0.05, 0) is 41.1 Å². The zero-order chi connectivity index (χ0) is 14.0. The number of nitro groups is 1. The molecular weight excluding hydrogens is 352 g/mol. The molecule has 0 aliphatic carbocycles. The molecule has 2 rings (SSSR count). The highest BCUT2D eigenvalue weighted by molar-refractivity contribution is 9.10. The molecule has 0 bridgehead atoms. The third-order valence-electron chi connectivity index (χ3n) is 2.56. The van der Waals surface area contributed by atoms with E-state index in [2.05, 4.69) is 21.2 Å². The van der Waals surface area contributed by atoms with E-state index in [1.165, 1.54) is 23.5 Å². The Bertz CT molecular complexity index is 618. The Labute approximate surface area is 127 Å². The van der Waals surface area contributed by atoms with Gasteiger partial charge < -0.3 is 5.32 Å². The Balaban J connectivity index is 2.17. The topological polar surface area (TPSA) is 55.2 Å². The summed E-state index contributed by atoms with van der Waals surface area (Å²) in [4.78, 5) is 11.3. The van der Waals surface area contributed by atoms with Crippen molar-refractivity contribution in [1.82, 2.24) is 0 Å². The van der Waals surface area contributed by atoms with Crippen molar-refractivity contribution in [3.05, 3.63) is 54.1 Å². The van der Waals surface area contributed by atoms with Crippen molar-refractivity contribution in [2.45, 2.75) is 13.0 Å². The fourth-order valence-electron chi connectivity index (χ4n) is 1.60. The van der Waals surface area contributed by atoms with Gasteiger partial charge in [0.2, 0.25) is 0 Å². The first-order valence-corrected chi connectivity index (χ1v) is 7.42. The molecule has 0 spiro atoms. The highest BCUT2D eigenvalue weighted by Gasteiger charge is 2.12. The van der Waals surface area contributed by atoms with E-state index in [1.807, 2.05) is 19.1 Å². The van der Waals surface area contributed by atoms with Crippen molar-refractivity contribution in [3.63, 3.8) is 0 Å². The van der Waals surface area contributed by atoms with Gasteiger partial charge in [-0.15, -0.1) is 11.3 Å². The van der Waals surface area contributed by atoms with Gasteiger partial charge in [-0.2, -0.15) is 0 Å². The maximum atomic E-state index is 10.7. The summed E-state index contributed by atoms with van der Waals surface area (Å²) < 4.78 is 1.41. The summed E-state index contributed by atoms with van der Waals surface area (Å²) in [7, 11) is 0. The van der Waals surface area contributed by atoms with E-state index in [0.717, 1.165) is 14.9 Å². The molecule has 0 saturated carbocycles. The summed E-state index contributed by atoms with van der Waals surface area (Å²) >= 11 is 10.7. The van der Waals surface area contributed by atoms with E-state index in [9.17, 15) is 10.1 Å². The Hall–Kier alpha value is -1.11. The quantitative estimate of drug-likeness (QED) is 0.598. The second kappa shape index (κ2) is 5.90. The van der Waals surface area contributed by atoms with Gasteiger partial charge in [-0.1, -0.05) is 11.6 Å². The second-order valence-corrected chi connectivity index (χ2v) is 6.53. The summed E-state index contributed by atoms with van der Waals surface area (Å²) in [5.41, 5.74) is 0.867. The van der Waals surface area contributed by atoms with Gasteiger partial charge in [0.25, 0.3) is 5.69 Å². The Morgan fingerprint density at radius 1 is 1.42 bits per heavy atom. The minimum Gasteiger partial charge on any atom is -0.377 e. The molecule has 1 aromatic heterocycles. The standard InChI is InChI=1S/C12H10BrClN2O2S/c1-7(11-4-5-12(14)19-11)15-10-3-2-8(16(17)18)6-9(10)13/h2-7,15H,1H3. The number of rotatable bonds is 4. The van der Waals surface area contributed by atoms with Crippen molar-refractivity contribution in [2.24, 2.45) is 0 Å². The van der Waals surface area contributed by atoms with Crippen LogP contribution in [0.25, 0.3) is 0 Å². The third kappa shape index (κ3) is 3.46. The number of nitro benzene ring substituents is 1. The molecule has 100 valence electrons. The van der Waals surface area contributed by atoms with Crippen LogP contribution in [-0.2, 0) is 0 Å². The van der Waals surface area contributed by atoms with E-state index >= 15 is 0 Å². The van der Waals surface area contributed by atoms with Crippen LogP contribution in [0, 0.1) is 10.1 Å². The summed E-state index contributed by atoms with van der Waals surface area (Å²) in [6, 6.07) is 8.54. The summed E-state index contributed by atoms with van der Waals surface area (Å²) in [5.74, 6) is 0. The summed E-state index contributed by atoms with van der Waals surface area (Å²) in [5, 5.41) is 14.0. The van der Waals surface area contributed by atoms with Gasteiger partial charge in [0.1, 0.15) is 0 Å². The van der Waals surface area contributed by atoms with Crippen molar-refractivity contribution in [3.8, 4) is 0 Å². The Kier molecular flexibility index (Phi) is 4.44. The number of nitrogens with zero attached hydrogens (tertiary/aromatic N) is 1. The lowest BCUT2D eigenvalue weighted by atomic mass is 10.2. The number of nitrogens with one attached hydrogen (secondary N) is 1. The van der Waals surface area contributed by atoms with Crippen molar-refractivity contribution in [1.29, 1.82) is 0 Å². The minimum absolute atomic E-state index is 0.0595. The van der Waals surface area contributed by atoms with Gasteiger partial charge in [0, 0.05) is 27.2 Å². The van der Waals surface area contributed by atoms with Gasteiger partial charge in [0.05, 0.1) is 15.3 Å². The smallest absolute Gasteiger partial charge is 0.270 e. The van der Waals surface area contributed by atoms with Crippen LogP contribution < -0.4 is 5.32 Å². The largest absolute Gasteiger partial charge is 0.377 e. The fourth-order valence-corrected chi connectivity index (χ4v) is 3.14. The average molecular weight is 362 g/mol. The van der Waals surface area contributed by atoms with Crippen LogP contribution in [0.2, 0.25) is 4.34 Å². The number of halogens is 2. The molecule has 1 atom stereocenters. The van der Waals surface area contributed by atoms with Crippen LogP contribution in [-0.4, -0.2) is 4.92 Å². The van der Waals surface area contributed by atoms with E-state index in [-0.39, 0.29) is 11.7 Å². The zero-order valence-electron chi connectivity index (χ0n) is 9.89. The first-order chi connectivity index (χ1) is 8.97. The first-order valence-electron chi connectivity index (χ1n) is 5.43. The number of hydrogen-bond acceptors (Lipinski definition) is 4. The molecule has 0 fully saturated rings. The molecule has 1 aromatic carbocycles. The molecule has 0 amide bonds. The molecular formula is C12H10BrClN2O2S. The monoisotopic (exact) mass is 360 g/mol. The van der Waals surface area contributed by atoms with Crippen LogP contribution >= 0.6 is 38.9 Å². The lowest BCUT2D eigenvalue weighted by Gasteiger charge is -2.14. The van der Waals surface area contributed by atoms with Crippen LogP contribution in [0.5, 0.6) is 0 Å². The van der Waals surface area contributed by atoms with Crippen LogP contribution in [0.15, 0.2) is 34.8 Å². The fraction of sp³-hybridized carbons (Fsp3) is 0.167. The summed E-state index contributed by atoms with van der Waals surface area (Å²) in [6.07, 6.45) is 0. The molecule has 1 N–H and O–H groups in total. The zero-order valence-corrected chi connectivity index (χ0v) is 13.1. The van der Waals surface area contributed by atoms with Gasteiger partial charge >= 0.3 is 0 Å². The Morgan fingerprint density at radius 2 is 2.16 bits per heavy atom. The molecule has 19 heavy (non-hydrogen) atoms. The molecule has 1 unspecified atom stereocenters. The van der Waals surface area contributed by atoms with Crippen molar-refractivity contribution < 1.29 is 4.92 Å². The SMILES string of the molecule is CC(Nc1ccc([N+](=O)[O-])cc1Br)c1ccc(Cl)s1. The molecule has 2 aromatic rings. The molecule has 7 heteroatoms. The molecule has 1 heterocycles. The second-order valence-electron chi connectivity index (χ2n) is 3.93. The number of benzene rings is 1. The van der Waals surface area contributed by atoms with E-state index in [4.69, 9.17) is 11.6 Å². The summed E-state index contributed by atoms with van der Waals surface area (Å²) in [6.45, 7) is 2.01. The number of anilines is 1. The average Bonchev–Trinajstić information content (AvgIpc) is 2.78. The predicted molar refractivity (Wildman–Crippen MR) is 82.2 cm³/mol. The highest BCUT2D eigenvalue weighted by atomic mass is 79.9. The van der Waals surface area contributed by atoms with Crippen LogP contribution in [0.3, 0.4) is 0 Å². The van der Waals surface area contributed by atoms with Crippen LogP contribution in [0.4, 0.5) is 11.4 Å². The number of hydrogen-bond donors (Lipinski definition) is 1. The lowest BCUT2D eigenvalue weighted by molar-refractivity contribution is -0.384. The normalized spacial score (nSPS) is 12.2. The number of thiophene rings is 1. The molecule has 0 aliphatic heterocycles. The molecule has 0 aliphatic rings. The van der Waals surface area contributed by atoms with E-state index < -0.39 is 4.92 Å². The van der Waals surface area contributed by atoms with Crippen LogP contribution in [0.1, 0.15) is 17.8 Å². The highest BCUT2D eigenvalue weighted by Crippen LogP contribution is 2.32. The van der Waals surface area contributed by atoms with Gasteiger partial charge in [0.15, 0.2) is 0 Å². The van der Waals surface area contributed by atoms with Crippen molar-refractivity contribution >= 4 is 50.2 Å². The maximum Gasteiger partial charge on any atom is 0.270 e. The van der Waals surface area contributed by atoms with Crippen molar-refractivity contribution in [2.75, 3.05) is 5.32 Å². The minimum atomic E-state index is -0.420. The molecule has 4 nitrogen and oxygen atoms in total. The number of non-ortho nitro benzene ring substituents is 1. The van der Waals surface area contributed by atoms with E-state index in [1.54, 1.807) is 6.07 Å². The Morgan fingerprint density at radius 3 is 2.68 bits per heavy atom. The van der Waals surface area contributed by atoms with E-state index in [0.29, 0.717) is 4.47 Å². The first kappa shape index (κ1) is 14.3. The maximum absolute atomic E-state index is 10.7. The predicted octanol–water partition coefficient (Wildman–Crippen LogP) is 5.25. The third-order valence-corrected chi connectivity index (χ3v) is 4.63.